The number of rotatable bonds is 21. The van der Waals surface area contributed by atoms with Crippen molar-refractivity contribution in [3.8, 4) is 45.8 Å². The van der Waals surface area contributed by atoms with Gasteiger partial charge in [-0.05, 0) is 191 Å². The first-order chi connectivity index (χ1) is 39.4. The number of hydrogen-bond donors (Lipinski definition) is 2. The van der Waals surface area contributed by atoms with Gasteiger partial charge in [0.05, 0.1) is 61.7 Å². The van der Waals surface area contributed by atoms with Gasteiger partial charge in [-0.25, -0.2) is 19.6 Å². The Morgan fingerprint density at radius 3 is 1.45 bits per heavy atom. The van der Waals surface area contributed by atoms with E-state index >= 15 is 0 Å². The van der Waals surface area contributed by atoms with E-state index in [1.54, 1.807) is 51.8 Å². The quantitative estimate of drug-likeness (QED) is 0.0651. The zero-order chi connectivity index (χ0) is 58.0. The lowest BCUT2D eigenvalue weighted by molar-refractivity contribution is 0.0686. The maximum atomic E-state index is 12.2. The lowest BCUT2D eigenvalue weighted by Gasteiger charge is -2.25. The Hall–Kier alpha value is -7.40. The molecule has 0 atom stereocenters. The molecule has 10 rings (SSSR count). The van der Waals surface area contributed by atoms with Crippen LogP contribution in [0.5, 0.6) is 23.0 Å². The van der Waals surface area contributed by atoms with Crippen molar-refractivity contribution in [3.63, 3.8) is 0 Å². The van der Waals surface area contributed by atoms with Crippen molar-refractivity contribution in [2.45, 2.75) is 102 Å². The van der Waals surface area contributed by atoms with Crippen LogP contribution in [0, 0.1) is 0 Å². The largest absolute Gasteiger partial charge is 0.497 e. The van der Waals surface area contributed by atoms with Crippen molar-refractivity contribution in [2.24, 2.45) is 0 Å². The summed E-state index contributed by atoms with van der Waals surface area (Å²) in [6.07, 6.45) is 18.5. The maximum Gasteiger partial charge on any atom is 0.335 e. The number of carboxylic acid groups (broad SMARTS) is 2. The van der Waals surface area contributed by atoms with Crippen LogP contribution in [0.1, 0.15) is 126 Å². The molecule has 2 N–H and O–H groups in total. The van der Waals surface area contributed by atoms with Crippen LogP contribution in [0.3, 0.4) is 0 Å². The van der Waals surface area contributed by atoms with Crippen LogP contribution >= 0.6 is 14.3 Å². The number of carboxylic acids is 2. The molecule has 2 fully saturated rings. The summed E-state index contributed by atoms with van der Waals surface area (Å²) in [4.78, 5) is 33.0. The molecule has 8 aromatic rings. The zero-order valence-electron chi connectivity index (χ0n) is 48.0. The van der Waals surface area contributed by atoms with Gasteiger partial charge in [0.15, 0.2) is 0 Å². The van der Waals surface area contributed by atoms with Crippen molar-refractivity contribution < 1.29 is 47.9 Å². The van der Waals surface area contributed by atoms with Gasteiger partial charge in [0.2, 0.25) is 0 Å². The first kappa shape index (κ1) is 59.2. The molecule has 6 aromatic carbocycles. The minimum Gasteiger partial charge on any atom is -0.497 e. The number of aromatic carboxylic acids is 2. The van der Waals surface area contributed by atoms with Gasteiger partial charge < -0.3 is 47.4 Å². The SMILES string of the molecule is COc1ccc(/C=C/CP(C)(C)=O)c(COc2ccc(-c3nc4cc(C(=O)O)ccc4n3C3CCCCC3)cc2)c1.COc1ccc(CCCP(C)(C)=O)c(COc2ccc(-c3nc4cc(C(=O)O)ccc4n3C3CCCCC3)cc2)c1. The predicted molar refractivity (Wildman–Crippen MR) is 329 cm³/mol. The lowest BCUT2D eigenvalue weighted by Crippen LogP contribution is -2.14. The topological polar surface area (TPSA) is 181 Å². The second-order valence-electron chi connectivity index (χ2n) is 22.6. The van der Waals surface area contributed by atoms with Crippen molar-refractivity contribution in [2.75, 3.05) is 53.2 Å². The summed E-state index contributed by atoms with van der Waals surface area (Å²) in [5.74, 6) is 2.83. The second-order valence-corrected chi connectivity index (χ2v) is 29.7. The number of allylic oxidation sites excluding steroid dienone is 1. The van der Waals surface area contributed by atoms with Crippen molar-refractivity contribution in [3.05, 3.63) is 161 Å². The molecule has 0 bridgehead atoms. The number of hydrogen-bond acceptors (Lipinski definition) is 10. The number of methoxy groups -OCH3 is 2. The molecule has 0 unspecified atom stereocenters. The Kier molecular flexibility index (Phi) is 19.3. The molecule has 16 heteroatoms. The number of carbonyl (C=O) groups is 2. The predicted octanol–water partition coefficient (Wildman–Crippen LogP) is 16.2. The van der Waals surface area contributed by atoms with E-state index in [-0.39, 0.29) is 11.1 Å². The molecule has 2 aromatic heterocycles. The third-order valence-corrected chi connectivity index (χ3v) is 18.0. The van der Waals surface area contributed by atoms with Gasteiger partial charge in [0, 0.05) is 41.1 Å². The van der Waals surface area contributed by atoms with Gasteiger partial charge in [-0.3, -0.25) is 0 Å². The normalized spacial score (nSPS) is 14.4. The van der Waals surface area contributed by atoms with Crippen LogP contribution in [0.2, 0.25) is 0 Å². The number of aryl methyl sites for hydroxylation is 1. The Labute approximate surface area is 481 Å². The molecule has 82 heavy (non-hydrogen) atoms. The van der Waals surface area contributed by atoms with Gasteiger partial charge in [-0.2, -0.15) is 0 Å². The fourth-order valence-electron chi connectivity index (χ4n) is 11.2. The first-order valence-corrected chi connectivity index (χ1v) is 34.0. The minimum atomic E-state index is -2.13. The molecule has 2 aliphatic carbocycles. The Morgan fingerprint density at radius 1 is 0.549 bits per heavy atom. The molecule has 2 saturated carbocycles. The average Bonchev–Trinajstić information content (AvgIpc) is 4.29. The van der Waals surface area contributed by atoms with E-state index in [2.05, 4.69) is 15.2 Å². The van der Waals surface area contributed by atoms with Crippen LogP contribution in [-0.4, -0.2) is 94.5 Å². The van der Waals surface area contributed by atoms with E-state index in [0.717, 1.165) is 118 Å². The Bertz CT molecular complexity index is 3660. The molecule has 14 nitrogen and oxygen atoms in total. The van der Waals surface area contributed by atoms with Gasteiger partial charge in [-0.1, -0.05) is 62.8 Å². The smallest absolute Gasteiger partial charge is 0.335 e. The molecule has 0 amide bonds. The highest BCUT2D eigenvalue weighted by Crippen LogP contribution is 2.40. The van der Waals surface area contributed by atoms with E-state index in [1.807, 2.05) is 116 Å². The molecule has 2 aliphatic rings. The first-order valence-electron chi connectivity index (χ1n) is 28.5. The fraction of sp³-hybridized carbons (Fsp3) is 0.364. The van der Waals surface area contributed by atoms with Crippen molar-refractivity contribution in [1.82, 2.24) is 19.1 Å². The van der Waals surface area contributed by atoms with E-state index in [1.165, 1.54) is 44.1 Å². The second kappa shape index (κ2) is 26.7. The van der Waals surface area contributed by atoms with Crippen LogP contribution in [0.25, 0.3) is 50.9 Å². The standard InChI is InChI=1S/C33H39N2O5P.C33H37N2O5P/c2*1-39-29-17-11-23(8-7-19-41(2,3)38)26(20-29)22-40-28-15-12-24(13-16-28)32-34-30-21-25(33(36)37)14-18-31(30)35(32)27-9-5-4-6-10-27/h11-18,20-21,27H,4-10,19,22H2,1-3H3,(H,36,37);7-8,11-18,20-21,27H,4-6,9-10,19,22H2,1-3H3,(H,36,37)/b;8-7+. The minimum absolute atomic E-state index is 0.242. The van der Waals surface area contributed by atoms with Crippen LogP contribution in [0.4, 0.5) is 0 Å². The molecule has 0 radical (unpaired) electrons. The number of aromatic nitrogens is 4. The molecule has 430 valence electrons. The number of nitrogens with zero attached hydrogens (tertiary/aromatic N) is 4. The van der Waals surface area contributed by atoms with Crippen molar-refractivity contribution in [1.29, 1.82) is 0 Å². The third-order valence-electron chi connectivity index (χ3n) is 15.5. The number of imidazole rings is 2. The summed E-state index contributed by atoms with van der Waals surface area (Å²) in [7, 11) is -0.878. The molecular weight excluding hydrogens is 1070 g/mol. The van der Waals surface area contributed by atoms with Gasteiger partial charge >= 0.3 is 11.9 Å². The Balaban J connectivity index is 0.000000198. The number of ether oxygens (including phenoxy) is 4. The fourth-order valence-corrected chi connectivity index (χ4v) is 12.7. The van der Waals surface area contributed by atoms with Crippen LogP contribution in [-0.2, 0) is 28.8 Å². The number of fused-ring (bicyclic) bond motifs is 2. The average molecular weight is 1150 g/mol. The van der Waals surface area contributed by atoms with E-state index in [4.69, 9.17) is 28.9 Å². The monoisotopic (exact) mass is 1150 g/mol. The van der Waals surface area contributed by atoms with Crippen molar-refractivity contribution >= 4 is 54.4 Å². The molecular formula is C66H76N4O10P2. The van der Waals surface area contributed by atoms with Crippen LogP contribution in [0.15, 0.2) is 127 Å². The molecule has 0 aliphatic heterocycles. The molecule has 0 saturated heterocycles. The third kappa shape index (κ3) is 15.2. The molecule has 2 heterocycles. The summed E-state index contributed by atoms with van der Waals surface area (Å²) < 4.78 is 52.2. The Morgan fingerprint density at radius 2 is 1.00 bits per heavy atom. The maximum absolute atomic E-state index is 12.2. The summed E-state index contributed by atoms with van der Waals surface area (Å²) in [5.41, 5.74) is 9.99. The summed E-state index contributed by atoms with van der Waals surface area (Å²) in [6.45, 7) is 8.01. The lowest BCUT2D eigenvalue weighted by atomic mass is 9.95. The summed E-state index contributed by atoms with van der Waals surface area (Å²) >= 11 is 0. The van der Waals surface area contributed by atoms with Gasteiger partial charge in [0.25, 0.3) is 0 Å². The highest BCUT2D eigenvalue weighted by molar-refractivity contribution is 7.62. The summed E-state index contributed by atoms with van der Waals surface area (Å²) in [5, 5.41) is 19.0. The van der Waals surface area contributed by atoms with Gasteiger partial charge in [-0.15, -0.1) is 0 Å². The van der Waals surface area contributed by atoms with E-state index in [9.17, 15) is 28.9 Å². The van der Waals surface area contributed by atoms with Crippen LogP contribution < -0.4 is 18.9 Å². The highest BCUT2D eigenvalue weighted by atomic mass is 31.2. The highest BCUT2D eigenvalue weighted by Gasteiger charge is 2.25. The summed E-state index contributed by atoms with van der Waals surface area (Å²) in [6, 6.07) is 38.9. The number of benzene rings is 6. The molecule has 0 spiro atoms. The zero-order valence-corrected chi connectivity index (χ0v) is 49.8. The van der Waals surface area contributed by atoms with E-state index < -0.39 is 26.2 Å². The van der Waals surface area contributed by atoms with E-state index in [0.29, 0.717) is 42.5 Å². The van der Waals surface area contributed by atoms with Gasteiger partial charge in [0.1, 0.15) is 47.9 Å².